The first kappa shape index (κ1) is 20.1. The molecule has 0 radical (unpaired) electrons. The molecule has 6 heteroatoms. The lowest BCUT2D eigenvalue weighted by Gasteiger charge is -2.26. The first-order valence-electron chi connectivity index (χ1n) is 8.75. The van der Waals surface area contributed by atoms with E-state index in [1.807, 2.05) is 19.0 Å². The van der Waals surface area contributed by atoms with Gasteiger partial charge in [0.25, 0.3) is 0 Å². The van der Waals surface area contributed by atoms with Crippen LogP contribution in [0.15, 0.2) is 33.5 Å². The van der Waals surface area contributed by atoms with Crippen molar-refractivity contribution < 1.29 is 9.21 Å². The van der Waals surface area contributed by atoms with E-state index in [1.165, 1.54) is 11.3 Å². The van der Waals surface area contributed by atoms with Crippen molar-refractivity contribution in [2.45, 2.75) is 38.8 Å². The third-order valence-corrected chi connectivity index (χ3v) is 6.42. The van der Waals surface area contributed by atoms with Crippen molar-refractivity contribution in [1.82, 2.24) is 9.80 Å². The Morgan fingerprint density at radius 1 is 1.28 bits per heavy atom. The number of allylic oxidation sites excluding steroid dienone is 2. The lowest BCUT2D eigenvalue weighted by Crippen LogP contribution is -2.35. The second kappa shape index (κ2) is 9.51. The van der Waals surface area contributed by atoms with Crippen LogP contribution in [0.3, 0.4) is 0 Å². The number of fused-ring (bicyclic) bond motifs is 1. The fourth-order valence-electron chi connectivity index (χ4n) is 3.23. The normalized spacial score (nSPS) is 17.1. The molecule has 0 N–H and O–H groups in total. The van der Waals surface area contributed by atoms with Gasteiger partial charge in [-0.15, -0.1) is 12.4 Å². The molecule has 0 spiro atoms. The summed E-state index contributed by atoms with van der Waals surface area (Å²) in [5, 5.41) is 4.59. The molecule has 0 unspecified atom stereocenters. The quantitative estimate of drug-likeness (QED) is 0.572. The summed E-state index contributed by atoms with van der Waals surface area (Å²) in [7, 11) is 4.04. The summed E-state index contributed by atoms with van der Waals surface area (Å²) in [6.07, 6.45) is 7.98. The second-order valence-corrected chi connectivity index (χ2v) is 8.91. The summed E-state index contributed by atoms with van der Waals surface area (Å²) in [6, 6.07) is 2.15. The van der Waals surface area contributed by atoms with E-state index in [0.717, 1.165) is 43.9 Å². The molecule has 0 saturated heterocycles. The Bertz CT molecular complexity index is 627. The van der Waals surface area contributed by atoms with Crippen LogP contribution in [0.25, 0.3) is 0 Å². The minimum atomic E-state index is -0.0349. The number of hydrogen-bond acceptors (Lipinski definition) is 3. The van der Waals surface area contributed by atoms with E-state index < -0.39 is 0 Å². The molecule has 2 aliphatic heterocycles. The zero-order valence-electron chi connectivity index (χ0n) is 15.1. The van der Waals surface area contributed by atoms with Gasteiger partial charge in [-0.1, -0.05) is 12.2 Å². The maximum absolute atomic E-state index is 12.4. The van der Waals surface area contributed by atoms with Crippen molar-refractivity contribution in [3.05, 3.63) is 46.1 Å². The minimum Gasteiger partial charge on any atom is -0.463 e. The van der Waals surface area contributed by atoms with Crippen molar-refractivity contribution in [3.63, 3.8) is 0 Å². The van der Waals surface area contributed by atoms with Gasteiger partial charge in [-0.25, -0.2) is 10.9 Å². The predicted octanol–water partition coefficient (Wildman–Crippen LogP) is 3.86. The highest BCUT2D eigenvalue weighted by atomic mass is 35.5. The maximum Gasteiger partial charge on any atom is 0.222 e. The van der Waals surface area contributed by atoms with Crippen LogP contribution in [0.5, 0.6) is 0 Å². The van der Waals surface area contributed by atoms with Crippen molar-refractivity contribution in [2.75, 3.05) is 26.4 Å². The standard InChI is InChI=1S/C19H28N2O2S.ClH/c1-20(2)14-17-13-16-8-9-21(15-18(16)23-17)19(22)7-3-4-10-24-11-5-6-12-24;/h5-6,11-13,24H,3-4,7-10,14-15H2,1-2H3;1H. The van der Waals surface area contributed by atoms with Crippen molar-refractivity contribution >= 4 is 29.2 Å². The first-order chi connectivity index (χ1) is 11.6. The lowest BCUT2D eigenvalue weighted by atomic mass is 10.1. The van der Waals surface area contributed by atoms with E-state index in [2.05, 4.69) is 33.9 Å². The van der Waals surface area contributed by atoms with Gasteiger partial charge in [-0.2, -0.15) is 0 Å². The van der Waals surface area contributed by atoms with Gasteiger partial charge in [0.1, 0.15) is 11.5 Å². The summed E-state index contributed by atoms with van der Waals surface area (Å²) in [5.74, 6) is 3.47. The van der Waals surface area contributed by atoms with E-state index >= 15 is 0 Å². The molecular weight excluding hydrogens is 356 g/mol. The molecule has 3 heterocycles. The van der Waals surface area contributed by atoms with Gasteiger partial charge in [0.05, 0.1) is 13.1 Å². The zero-order valence-corrected chi connectivity index (χ0v) is 16.8. The average molecular weight is 385 g/mol. The van der Waals surface area contributed by atoms with Crippen molar-refractivity contribution in [3.8, 4) is 0 Å². The number of rotatable bonds is 7. The minimum absolute atomic E-state index is 0. The summed E-state index contributed by atoms with van der Waals surface area (Å²) >= 11 is 0. The summed E-state index contributed by atoms with van der Waals surface area (Å²) < 4.78 is 5.94. The van der Waals surface area contributed by atoms with Gasteiger partial charge in [0.2, 0.25) is 5.91 Å². The number of carbonyl (C=O) groups excluding carboxylic acids is 1. The second-order valence-electron chi connectivity index (χ2n) is 6.84. The summed E-state index contributed by atoms with van der Waals surface area (Å²) in [4.78, 5) is 16.5. The van der Waals surface area contributed by atoms with Crippen LogP contribution in [0.2, 0.25) is 0 Å². The van der Waals surface area contributed by atoms with Crippen LogP contribution in [-0.4, -0.2) is 42.1 Å². The van der Waals surface area contributed by atoms with E-state index in [-0.39, 0.29) is 29.2 Å². The fraction of sp³-hybridized carbons (Fsp3) is 0.526. The van der Waals surface area contributed by atoms with Crippen LogP contribution in [0, 0.1) is 0 Å². The van der Waals surface area contributed by atoms with Gasteiger partial charge < -0.3 is 14.2 Å². The average Bonchev–Trinajstić information content (AvgIpc) is 3.18. The highest BCUT2D eigenvalue weighted by Gasteiger charge is 2.24. The van der Waals surface area contributed by atoms with Gasteiger partial charge in [0.15, 0.2) is 0 Å². The van der Waals surface area contributed by atoms with Gasteiger partial charge in [0, 0.05) is 13.0 Å². The largest absolute Gasteiger partial charge is 0.463 e. The van der Waals surface area contributed by atoms with E-state index in [0.29, 0.717) is 13.0 Å². The van der Waals surface area contributed by atoms with Crippen LogP contribution in [0.1, 0.15) is 36.3 Å². The number of nitrogens with zero attached hydrogens (tertiary/aromatic N) is 2. The molecule has 140 valence electrons. The molecule has 0 fully saturated rings. The molecular formula is C19H29ClN2O2S. The van der Waals surface area contributed by atoms with E-state index in [4.69, 9.17) is 4.42 Å². The highest BCUT2D eigenvalue weighted by molar-refractivity contribution is 8.22. The van der Waals surface area contributed by atoms with Crippen LogP contribution in [-0.2, 0) is 24.3 Å². The molecule has 1 amide bonds. The predicted molar refractivity (Wildman–Crippen MR) is 108 cm³/mol. The van der Waals surface area contributed by atoms with Gasteiger partial charge >= 0.3 is 0 Å². The maximum atomic E-state index is 12.4. The van der Waals surface area contributed by atoms with E-state index in [9.17, 15) is 4.79 Å². The zero-order chi connectivity index (χ0) is 16.9. The van der Waals surface area contributed by atoms with E-state index in [1.54, 1.807) is 0 Å². The van der Waals surface area contributed by atoms with Gasteiger partial charge in [-0.05, 0) is 61.6 Å². The molecule has 1 aromatic heterocycles. The number of thiol groups is 1. The monoisotopic (exact) mass is 384 g/mol. The summed E-state index contributed by atoms with van der Waals surface area (Å²) in [6.45, 7) is 2.28. The van der Waals surface area contributed by atoms with Crippen molar-refractivity contribution in [2.24, 2.45) is 0 Å². The lowest BCUT2D eigenvalue weighted by molar-refractivity contribution is -0.132. The Hall–Kier alpha value is -1.17. The third-order valence-electron chi connectivity index (χ3n) is 4.48. The third kappa shape index (κ3) is 5.66. The van der Waals surface area contributed by atoms with Crippen molar-refractivity contribution in [1.29, 1.82) is 0 Å². The molecule has 0 aliphatic carbocycles. The fourth-order valence-corrected chi connectivity index (χ4v) is 4.86. The molecule has 2 aliphatic rings. The topological polar surface area (TPSA) is 36.7 Å². The number of furan rings is 1. The molecule has 0 saturated carbocycles. The highest BCUT2D eigenvalue weighted by Crippen LogP contribution is 2.33. The molecule has 25 heavy (non-hydrogen) atoms. The first-order valence-corrected chi connectivity index (χ1v) is 10.4. The number of halogens is 1. The van der Waals surface area contributed by atoms with Gasteiger partial charge in [-0.3, -0.25) is 4.79 Å². The SMILES string of the molecule is CN(C)Cc1cc2c(o1)CN(C(=O)CCCC[SH]1C=CC=C1)CC2.Cl. The Morgan fingerprint density at radius 3 is 2.76 bits per heavy atom. The molecule has 4 nitrogen and oxygen atoms in total. The molecule has 1 aromatic rings. The summed E-state index contributed by atoms with van der Waals surface area (Å²) in [5.41, 5.74) is 1.28. The molecule has 3 rings (SSSR count). The number of carbonyl (C=O) groups is 1. The molecule has 0 atom stereocenters. The Labute approximate surface area is 159 Å². The number of hydrogen-bond donors (Lipinski definition) is 1. The Morgan fingerprint density at radius 2 is 2.04 bits per heavy atom. The van der Waals surface area contributed by atoms with Crippen LogP contribution >= 0.6 is 23.3 Å². The number of amides is 1. The number of unbranched alkanes of at least 4 members (excludes halogenated alkanes) is 1. The van der Waals surface area contributed by atoms with Crippen LogP contribution in [0.4, 0.5) is 0 Å². The van der Waals surface area contributed by atoms with Crippen LogP contribution < -0.4 is 0 Å². The molecule has 0 bridgehead atoms. The smallest absolute Gasteiger partial charge is 0.222 e. The molecule has 0 aromatic carbocycles. The Balaban J connectivity index is 0.00000225. The Kier molecular flexibility index (Phi) is 7.66.